The number of para-hydroxylation sites is 1. The minimum Gasteiger partial charge on any atom is -0.481 e. The zero-order valence-electron chi connectivity index (χ0n) is 11.8. The number of likely N-dealkylation sites (N-methyl/N-ethyl adjacent to an activating group) is 1. The predicted octanol–water partition coefficient (Wildman–Crippen LogP) is -0.168. The van der Waals surface area contributed by atoms with E-state index in [1.165, 1.54) is 23.1 Å². The molecule has 0 radical (unpaired) electrons. The van der Waals surface area contributed by atoms with Gasteiger partial charge < -0.3 is 20.3 Å². The van der Waals surface area contributed by atoms with Crippen molar-refractivity contribution in [2.24, 2.45) is 5.73 Å². The van der Waals surface area contributed by atoms with Crippen LogP contribution in [0.25, 0.3) is 0 Å². The second-order valence-electron chi connectivity index (χ2n) is 4.99. The number of nitrogens with zero attached hydrogens (tertiary/aromatic N) is 2. The number of primary amides is 1. The molecule has 1 heterocycles. The molecule has 0 aliphatic carbocycles. The van der Waals surface area contributed by atoms with Crippen molar-refractivity contribution >= 4 is 11.8 Å². The van der Waals surface area contributed by atoms with Gasteiger partial charge >= 0.3 is 0 Å². The number of hydrogen-bond acceptors (Lipinski definition) is 4. The van der Waals surface area contributed by atoms with Gasteiger partial charge in [-0.05, 0) is 19.2 Å². The Hall–Kier alpha value is -2.15. The molecule has 21 heavy (non-hydrogen) atoms. The number of halogens is 1. The third-order valence-corrected chi connectivity index (χ3v) is 3.42. The zero-order chi connectivity index (χ0) is 15.4. The Bertz CT molecular complexity index is 538. The molecule has 0 unspecified atom stereocenters. The Morgan fingerprint density at radius 2 is 2.10 bits per heavy atom. The van der Waals surface area contributed by atoms with E-state index < -0.39 is 17.8 Å². The van der Waals surface area contributed by atoms with Gasteiger partial charge in [-0.1, -0.05) is 12.1 Å². The number of carbonyl (C=O) groups excluding carboxylic acids is 2. The number of piperazine rings is 1. The summed E-state index contributed by atoms with van der Waals surface area (Å²) in [5, 5.41) is 0. The van der Waals surface area contributed by atoms with Crippen molar-refractivity contribution in [2.75, 3.05) is 33.3 Å². The summed E-state index contributed by atoms with van der Waals surface area (Å²) in [5.41, 5.74) is 5.33. The second-order valence-corrected chi connectivity index (χ2v) is 4.99. The highest BCUT2D eigenvalue weighted by Gasteiger charge is 2.32. The van der Waals surface area contributed by atoms with Crippen LogP contribution in [0.1, 0.15) is 0 Å². The fourth-order valence-corrected chi connectivity index (χ4v) is 2.25. The number of carbonyl (C=O) groups is 2. The van der Waals surface area contributed by atoms with Crippen molar-refractivity contribution in [1.82, 2.24) is 9.80 Å². The molecule has 1 aromatic carbocycles. The Morgan fingerprint density at radius 1 is 1.38 bits per heavy atom. The smallest absolute Gasteiger partial charge is 0.261 e. The molecule has 1 aliphatic heterocycles. The Labute approximate surface area is 122 Å². The molecule has 1 atom stereocenters. The normalized spacial score (nSPS) is 19.3. The SMILES string of the molecule is CN1CCN(C(=O)COc2ccccc2F)[C@@H](C(N)=O)C1. The molecule has 6 nitrogen and oxygen atoms in total. The van der Waals surface area contributed by atoms with Crippen molar-refractivity contribution in [3.63, 3.8) is 0 Å². The Balaban J connectivity index is 1.99. The monoisotopic (exact) mass is 295 g/mol. The standard InChI is InChI=1S/C14H18FN3O3/c1-17-6-7-18(11(8-17)14(16)20)13(19)9-21-12-5-3-2-4-10(12)15/h2-5,11H,6-9H2,1H3,(H2,16,20)/t11-/m1/s1. The van der Waals surface area contributed by atoms with Crippen LogP contribution in [0, 0.1) is 5.82 Å². The van der Waals surface area contributed by atoms with Crippen molar-refractivity contribution in [2.45, 2.75) is 6.04 Å². The van der Waals surface area contributed by atoms with Gasteiger partial charge in [0.2, 0.25) is 5.91 Å². The molecule has 1 aromatic rings. The van der Waals surface area contributed by atoms with Gasteiger partial charge in [0.05, 0.1) is 0 Å². The van der Waals surface area contributed by atoms with Gasteiger partial charge in [0, 0.05) is 19.6 Å². The highest BCUT2D eigenvalue weighted by Crippen LogP contribution is 2.16. The van der Waals surface area contributed by atoms with Gasteiger partial charge in [0.1, 0.15) is 6.04 Å². The number of hydrogen-bond donors (Lipinski definition) is 1. The van der Waals surface area contributed by atoms with Gasteiger partial charge in [0.25, 0.3) is 5.91 Å². The topological polar surface area (TPSA) is 75.9 Å². The average Bonchev–Trinajstić information content (AvgIpc) is 2.46. The summed E-state index contributed by atoms with van der Waals surface area (Å²) < 4.78 is 18.6. The molecule has 2 rings (SSSR count). The zero-order valence-corrected chi connectivity index (χ0v) is 11.8. The van der Waals surface area contributed by atoms with Crippen LogP contribution in [-0.4, -0.2) is 60.9 Å². The molecule has 7 heteroatoms. The summed E-state index contributed by atoms with van der Waals surface area (Å²) >= 11 is 0. The largest absolute Gasteiger partial charge is 0.481 e. The van der Waals surface area contributed by atoms with Gasteiger partial charge in [-0.2, -0.15) is 0 Å². The summed E-state index contributed by atoms with van der Waals surface area (Å²) in [4.78, 5) is 26.9. The Kier molecular flexibility index (Phi) is 4.74. The maximum Gasteiger partial charge on any atom is 0.261 e. The average molecular weight is 295 g/mol. The first-order valence-electron chi connectivity index (χ1n) is 6.63. The van der Waals surface area contributed by atoms with Gasteiger partial charge in [-0.3, -0.25) is 9.59 Å². The molecule has 0 spiro atoms. The summed E-state index contributed by atoms with van der Waals surface area (Å²) in [6.07, 6.45) is 0. The lowest BCUT2D eigenvalue weighted by Gasteiger charge is -2.38. The number of amides is 2. The predicted molar refractivity (Wildman–Crippen MR) is 74.1 cm³/mol. The molecular formula is C14H18FN3O3. The van der Waals surface area contributed by atoms with E-state index in [0.717, 1.165) is 0 Å². The van der Waals surface area contributed by atoms with Crippen LogP contribution in [0.3, 0.4) is 0 Å². The van der Waals surface area contributed by atoms with E-state index in [1.807, 2.05) is 11.9 Å². The van der Waals surface area contributed by atoms with E-state index in [4.69, 9.17) is 10.5 Å². The molecule has 2 N–H and O–H groups in total. The van der Waals surface area contributed by atoms with Crippen LogP contribution < -0.4 is 10.5 Å². The van der Waals surface area contributed by atoms with E-state index in [-0.39, 0.29) is 18.3 Å². The van der Waals surface area contributed by atoms with Crippen LogP contribution in [0.5, 0.6) is 5.75 Å². The van der Waals surface area contributed by atoms with E-state index >= 15 is 0 Å². The molecule has 0 aromatic heterocycles. The fourth-order valence-electron chi connectivity index (χ4n) is 2.25. The molecule has 0 saturated carbocycles. The van der Waals surface area contributed by atoms with Crippen LogP contribution in [0.2, 0.25) is 0 Å². The van der Waals surface area contributed by atoms with E-state index in [9.17, 15) is 14.0 Å². The molecule has 0 bridgehead atoms. The van der Waals surface area contributed by atoms with Crippen LogP contribution >= 0.6 is 0 Å². The highest BCUT2D eigenvalue weighted by molar-refractivity contribution is 5.87. The first-order chi connectivity index (χ1) is 9.99. The van der Waals surface area contributed by atoms with Gasteiger partial charge in [-0.15, -0.1) is 0 Å². The molecule has 114 valence electrons. The molecular weight excluding hydrogens is 277 g/mol. The van der Waals surface area contributed by atoms with E-state index in [0.29, 0.717) is 19.6 Å². The summed E-state index contributed by atoms with van der Waals surface area (Å²) in [5.74, 6) is -1.46. The van der Waals surface area contributed by atoms with E-state index in [1.54, 1.807) is 6.07 Å². The number of rotatable bonds is 4. The number of benzene rings is 1. The van der Waals surface area contributed by atoms with Crippen LogP contribution in [0.15, 0.2) is 24.3 Å². The molecule has 1 fully saturated rings. The Morgan fingerprint density at radius 3 is 2.76 bits per heavy atom. The summed E-state index contributed by atoms with van der Waals surface area (Å²) in [6.45, 7) is 1.11. The minimum absolute atomic E-state index is 0.00982. The van der Waals surface area contributed by atoms with Crippen molar-refractivity contribution in [1.29, 1.82) is 0 Å². The quantitative estimate of drug-likeness (QED) is 0.837. The molecule has 2 amide bonds. The number of nitrogens with two attached hydrogens (primary N) is 1. The summed E-state index contributed by atoms with van der Waals surface area (Å²) in [6, 6.07) is 5.17. The second kappa shape index (κ2) is 6.53. The molecule has 1 aliphatic rings. The van der Waals surface area contributed by atoms with E-state index in [2.05, 4.69) is 0 Å². The lowest BCUT2D eigenvalue weighted by molar-refractivity contribution is -0.144. The lowest BCUT2D eigenvalue weighted by atomic mass is 10.1. The number of ether oxygens (including phenoxy) is 1. The van der Waals surface area contributed by atoms with Crippen LogP contribution in [0.4, 0.5) is 4.39 Å². The van der Waals surface area contributed by atoms with Crippen LogP contribution in [-0.2, 0) is 9.59 Å². The third-order valence-electron chi connectivity index (χ3n) is 3.42. The summed E-state index contributed by atoms with van der Waals surface area (Å²) in [7, 11) is 1.85. The first kappa shape index (κ1) is 15.2. The van der Waals surface area contributed by atoms with Gasteiger partial charge in [-0.25, -0.2) is 4.39 Å². The maximum absolute atomic E-state index is 13.4. The minimum atomic E-state index is -0.680. The van der Waals surface area contributed by atoms with Gasteiger partial charge in [0.15, 0.2) is 18.2 Å². The third kappa shape index (κ3) is 3.69. The lowest BCUT2D eigenvalue weighted by Crippen LogP contribution is -2.59. The molecule has 1 saturated heterocycles. The van der Waals surface area contributed by atoms with Crippen molar-refractivity contribution in [3.05, 3.63) is 30.1 Å². The van der Waals surface area contributed by atoms with Crippen molar-refractivity contribution < 1.29 is 18.7 Å². The fraction of sp³-hybridized carbons (Fsp3) is 0.429. The first-order valence-corrected chi connectivity index (χ1v) is 6.63. The maximum atomic E-state index is 13.4. The van der Waals surface area contributed by atoms with Crippen molar-refractivity contribution in [3.8, 4) is 5.75 Å². The highest BCUT2D eigenvalue weighted by atomic mass is 19.1.